The first kappa shape index (κ1) is 17.2. The number of aromatic nitrogens is 2. The van der Waals surface area contributed by atoms with E-state index in [1.807, 2.05) is 43.0 Å². The number of ether oxygens (including phenoxy) is 1. The molecular weight excluding hydrogens is 316 g/mol. The predicted molar refractivity (Wildman–Crippen MR) is 97.4 cm³/mol. The summed E-state index contributed by atoms with van der Waals surface area (Å²) in [4.78, 5) is 25.9. The van der Waals surface area contributed by atoms with Crippen LogP contribution in [0.2, 0.25) is 0 Å². The standard InChI is InChI=1S/C19H24N4O2/c1-13-14(2)20-15(3)21-18(13)22-9-11-23(12-10-22)19(24)16-7-5-6-8-17(16)25-4/h5-8H,9-12H2,1-4H3. The quantitative estimate of drug-likeness (QED) is 0.858. The van der Waals surface area contributed by atoms with Gasteiger partial charge in [0.05, 0.1) is 12.7 Å². The summed E-state index contributed by atoms with van der Waals surface area (Å²) in [6, 6.07) is 7.37. The van der Waals surface area contributed by atoms with Crippen molar-refractivity contribution in [3.8, 4) is 5.75 Å². The Hall–Kier alpha value is -2.63. The summed E-state index contributed by atoms with van der Waals surface area (Å²) in [6.07, 6.45) is 0. The Kier molecular flexibility index (Phi) is 4.88. The number of para-hydroxylation sites is 1. The zero-order valence-electron chi connectivity index (χ0n) is 15.2. The number of anilines is 1. The molecule has 0 unspecified atom stereocenters. The highest BCUT2D eigenvalue weighted by molar-refractivity contribution is 5.97. The topological polar surface area (TPSA) is 58.6 Å². The van der Waals surface area contributed by atoms with E-state index in [1.54, 1.807) is 7.11 Å². The van der Waals surface area contributed by atoms with Crippen molar-refractivity contribution < 1.29 is 9.53 Å². The molecule has 2 aromatic rings. The molecule has 1 fully saturated rings. The van der Waals surface area contributed by atoms with Crippen molar-refractivity contribution in [3.63, 3.8) is 0 Å². The molecule has 2 heterocycles. The maximum atomic E-state index is 12.8. The lowest BCUT2D eigenvalue weighted by molar-refractivity contribution is 0.0743. The number of aryl methyl sites for hydroxylation is 2. The van der Waals surface area contributed by atoms with E-state index in [0.717, 1.165) is 36.0 Å². The van der Waals surface area contributed by atoms with Crippen LogP contribution in [0.25, 0.3) is 0 Å². The summed E-state index contributed by atoms with van der Waals surface area (Å²) in [5, 5.41) is 0. The molecule has 1 aliphatic rings. The largest absolute Gasteiger partial charge is 0.496 e. The van der Waals surface area contributed by atoms with Crippen LogP contribution in [0, 0.1) is 20.8 Å². The van der Waals surface area contributed by atoms with Gasteiger partial charge in [-0.15, -0.1) is 0 Å². The van der Waals surface area contributed by atoms with Crippen molar-refractivity contribution in [1.82, 2.24) is 14.9 Å². The molecule has 6 heteroatoms. The van der Waals surface area contributed by atoms with Crippen LogP contribution < -0.4 is 9.64 Å². The third-order valence-electron chi connectivity index (χ3n) is 4.68. The highest BCUT2D eigenvalue weighted by Crippen LogP contribution is 2.23. The van der Waals surface area contributed by atoms with Crippen molar-refractivity contribution in [2.45, 2.75) is 20.8 Å². The minimum atomic E-state index is 0.0175. The number of rotatable bonds is 3. The average molecular weight is 340 g/mol. The smallest absolute Gasteiger partial charge is 0.257 e. The molecule has 0 bridgehead atoms. The Bertz CT molecular complexity index is 783. The minimum absolute atomic E-state index is 0.0175. The highest BCUT2D eigenvalue weighted by atomic mass is 16.5. The average Bonchev–Trinajstić information content (AvgIpc) is 2.64. The number of methoxy groups -OCH3 is 1. The second-order valence-corrected chi connectivity index (χ2v) is 6.28. The van der Waals surface area contributed by atoms with Crippen molar-refractivity contribution in [3.05, 3.63) is 46.9 Å². The normalized spacial score (nSPS) is 14.6. The Labute approximate surface area is 148 Å². The molecule has 1 aromatic carbocycles. The van der Waals surface area contributed by atoms with Gasteiger partial charge in [-0.3, -0.25) is 4.79 Å². The summed E-state index contributed by atoms with van der Waals surface area (Å²) in [6.45, 7) is 8.83. The van der Waals surface area contributed by atoms with Gasteiger partial charge in [0.15, 0.2) is 0 Å². The number of nitrogens with zero attached hydrogens (tertiary/aromatic N) is 4. The van der Waals surface area contributed by atoms with Gasteiger partial charge in [-0.25, -0.2) is 9.97 Å². The number of carbonyl (C=O) groups excluding carboxylic acids is 1. The summed E-state index contributed by atoms with van der Waals surface area (Å²) in [5.74, 6) is 2.40. The zero-order valence-corrected chi connectivity index (χ0v) is 15.2. The summed E-state index contributed by atoms with van der Waals surface area (Å²) in [7, 11) is 1.59. The first-order valence-corrected chi connectivity index (χ1v) is 8.50. The molecule has 0 N–H and O–H groups in total. The first-order chi connectivity index (χ1) is 12.0. The van der Waals surface area contributed by atoms with Gasteiger partial charge in [0.1, 0.15) is 17.4 Å². The molecule has 6 nitrogen and oxygen atoms in total. The molecule has 1 saturated heterocycles. The van der Waals surface area contributed by atoms with Crippen LogP contribution in [0.1, 0.15) is 27.4 Å². The molecule has 3 rings (SSSR count). The maximum absolute atomic E-state index is 12.8. The second kappa shape index (κ2) is 7.09. The Morgan fingerprint density at radius 2 is 1.72 bits per heavy atom. The van der Waals surface area contributed by atoms with Crippen molar-refractivity contribution in [1.29, 1.82) is 0 Å². The lowest BCUT2D eigenvalue weighted by Gasteiger charge is -2.36. The molecule has 0 spiro atoms. The lowest BCUT2D eigenvalue weighted by Crippen LogP contribution is -2.49. The molecule has 25 heavy (non-hydrogen) atoms. The van der Waals surface area contributed by atoms with Gasteiger partial charge in [0.2, 0.25) is 0 Å². The number of carbonyl (C=O) groups is 1. The molecule has 0 aliphatic carbocycles. The number of piperazine rings is 1. The third-order valence-corrected chi connectivity index (χ3v) is 4.68. The molecule has 1 aliphatic heterocycles. The van der Waals surface area contributed by atoms with Crippen LogP contribution in [0.15, 0.2) is 24.3 Å². The number of hydrogen-bond donors (Lipinski definition) is 0. The van der Waals surface area contributed by atoms with Crippen LogP contribution in [0.5, 0.6) is 5.75 Å². The molecule has 132 valence electrons. The molecule has 0 saturated carbocycles. The minimum Gasteiger partial charge on any atom is -0.496 e. The number of amides is 1. The fraction of sp³-hybridized carbons (Fsp3) is 0.421. The second-order valence-electron chi connectivity index (χ2n) is 6.28. The molecule has 1 aromatic heterocycles. The van der Waals surface area contributed by atoms with Crippen LogP contribution >= 0.6 is 0 Å². The fourth-order valence-electron chi connectivity index (χ4n) is 3.17. The number of hydrogen-bond acceptors (Lipinski definition) is 5. The molecular formula is C19H24N4O2. The van der Waals surface area contributed by atoms with Gasteiger partial charge in [0.25, 0.3) is 5.91 Å². The van der Waals surface area contributed by atoms with Crippen LogP contribution in [0.4, 0.5) is 5.82 Å². The predicted octanol–water partition coefficient (Wildman–Crippen LogP) is 2.37. The van der Waals surface area contributed by atoms with E-state index in [4.69, 9.17) is 4.74 Å². The summed E-state index contributed by atoms with van der Waals surface area (Å²) >= 11 is 0. The zero-order chi connectivity index (χ0) is 18.0. The van der Waals surface area contributed by atoms with Crippen LogP contribution in [-0.2, 0) is 0 Å². The summed E-state index contributed by atoms with van der Waals surface area (Å²) in [5.41, 5.74) is 2.73. The number of benzene rings is 1. The lowest BCUT2D eigenvalue weighted by atomic mass is 10.1. The van der Waals surface area contributed by atoms with Crippen molar-refractivity contribution >= 4 is 11.7 Å². The van der Waals surface area contributed by atoms with E-state index in [-0.39, 0.29) is 5.91 Å². The van der Waals surface area contributed by atoms with Gasteiger partial charge >= 0.3 is 0 Å². The first-order valence-electron chi connectivity index (χ1n) is 8.50. The van der Waals surface area contributed by atoms with Gasteiger partial charge in [-0.05, 0) is 32.9 Å². The molecule has 0 radical (unpaired) electrons. The molecule has 0 atom stereocenters. The van der Waals surface area contributed by atoms with Gasteiger partial charge < -0.3 is 14.5 Å². The molecule has 1 amide bonds. The van der Waals surface area contributed by atoms with E-state index in [2.05, 4.69) is 21.8 Å². The monoisotopic (exact) mass is 340 g/mol. The summed E-state index contributed by atoms with van der Waals surface area (Å²) < 4.78 is 5.31. The Morgan fingerprint density at radius 3 is 2.40 bits per heavy atom. The maximum Gasteiger partial charge on any atom is 0.257 e. The Morgan fingerprint density at radius 1 is 1.04 bits per heavy atom. The SMILES string of the molecule is COc1ccccc1C(=O)N1CCN(c2nc(C)nc(C)c2C)CC1. The van der Waals surface area contributed by atoms with Crippen LogP contribution in [0.3, 0.4) is 0 Å². The van der Waals surface area contributed by atoms with E-state index < -0.39 is 0 Å². The van der Waals surface area contributed by atoms with Gasteiger partial charge in [-0.2, -0.15) is 0 Å². The van der Waals surface area contributed by atoms with E-state index in [1.165, 1.54) is 0 Å². The fourth-order valence-corrected chi connectivity index (χ4v) is 3.17. The highest BCUT2D eigenvalue weighted by Gasteiger charge is 2.25. The Balaban J connectivity index is 1.73. The van der Waals surface area contributed by atoms with Gasteiger partial charge in [-0.1, -0.05) is 12.1 Å². The van der Waals surface area contributed by atoms with E-state index in [0.29, 0.717) is 24.4 Å². The third kappa shape index (κ3) is 3.43. The van der Waals surface area contributed by atoms with E-state index in [9.17, 15) is 4.79 Å². The van der Waals surface area contributed by atoms with Crippen molar-refractivity contribution in [2.24, 2.45) is 0 Å². The van der Waals surface area contributed by atoms with Crippen LogP contribution in [-0.4, -0.2) is 54.1 Å². The van der Waals surface area contributed by atoms with Gasteiger partial charge in [0, 0.05) is 37.4 Å². The van der Waals surface area contributed by atoms with E-state index >= 15 is 0 Å². The van der Waals surface area contributed by atoms with Crippen molar-refractivity contribution in [2.75, 3.05) is 38.2 Å².